The number of aliphatic carboxylic acids is 1. The van der Waals surface area contributed by atoms with Gasteiger partial charge in [-0.15, -0.1) is 12.4 Å². The highest BCUT2D eigenvalue weighted by Crippen LogP contribution is 2.17. The highest BCUT2D eigenvalue weighted by Gasteiger charge is 2.15. The van der Waals surface area contributed by atoms with Gasteiger partial charge in [-0.1, -0.05) is 36.4 Å². The number of para-hydroxylation sites is 2. The van der Waals surface area contributed by atoms with E-state index in [1.165, 1.54) is 13.2 Å². The lowest BCUT2D eigenvalue weighted by atomic mass is 10.1. The van der Waals surface area contributed by atoms with Gasteiger partial charge >= 0.3 is 11.9 Å². The van der Waals surface area contributed by atoms with Crippen LogP contribution >= 0.6 is 12.4 Å². The van der Waals surface area contributed by atoms with Gasteiger partial charge in [0, 0.05) is 12.8 Å². The van der Waals surface area contributed by atoms with Crippen molar-refractivity contribution in [3.8, 4) is 11.5 Å². The summed E-state index contributed by atoms with van der Waals surface area (Å²) >= 11 is 0. The average Bonchev–Trinajstić information content (AvgIpc) is 2.65. The molecule has 2 rings (SSSR count). The van der Waals surface area contributed by atoms with E-state index >= 15 is 0 Å². The second-order valence-corrected chi connectivity index (χ2v) is 5.74. The molecule has 0 spiro atoms. The first-order valence-electron chi connectivity index (χ1n) is 8.11. The third-order valence-electron chi connectivity index (χ3n) is 3.68. The third-order valence-corrected chi connectivity index (χ3v) is 3.68. The predicted octanol–water partition coefficient (Wildman–Crippen LogP) is 1.20. The molecule has 0 radical (unpaired) electrons. The molecule has 0 saturated heterocycles. The maximum atomic E-state index is 11.0. The van der Waals surface area contributed by atoms with E-state index in [0.717, 1.165) is 0 Å². The van der Waals surface area contributed by atoms with Crippen LogP contribution < -0.4 is 11.5 Å². The maximum Gasteiger partial charge on any atom is 0.322 e. The lowest BCUT2D eigenvalue weighted by molar-refractivity contribution is -0.142. The van der Waals surface area contributed by atoms with Gasteiger partial charge in [-0.3, -0.25) is 9.59 Å². The molecule has 8 nitrogen and oxygen atoms in total. The molecule has 7 N–H and O–H groups in total. The van der Waals surface area contributed by atoms with Crippen LogP contribution in [0.1, 0.15) is 11.1 Å². The zero-order chi connectivity index (χ0) is 20.4. The van der Waals surface area contributed by atoms with Crippen LogP contribution in [-0.2, 0) is 27.2 Å². The van der Waals surface area contributed by atoms with Crippen LogP contribution in [0.5, 0.6) is 11.5 Å². The normalized spacial score (nSPS) is 11.8. The molecule has 2 unspecified atom stereocenters. The van der Waals surface area contributed by atoms with Crippen LogP contribution in [-0.4, -0.2) is 46.5 Å². The summed E-state index contributed by atoms with van der Waals surface area (Å²) in [5.74, 6) is -1.32. The Morgan fingerprint density at radius 2 is 1.29 bits per heavy atom. The lowest BCUT2D eigenvalue weighted by Gasteiger charge is -2.09. The fourth-order valence-electron chi connectivity index (χ4n) is 2.16. The summed E-state index contributed by atoms with van der Waals surface area (Å²) in [6.45, 7) is 0. The van der Waals surface area contributed by atoms with Gasteiger partial charge in [-0.05, 0) is 23.3 Å². The van der Waals surface area contributed by atoms with Crippen LogP contribution in [0.15, 0.2) is 48.5 Å². The van der Waals surface area contributed by atoms with Gasteiger partial charge in [-0.2, -0.15) is 0 Å². The fourth-order valence-corrected chi connectivity index (χ4v) is 2.16. The van der Waals surface area contributed by atoms with Crippen LogP contribution in [0, 0.1) is 0 Å². The van der Waals surface area contributed by atoms with E-state index in [-0.39, 0.29) is 36.7 Å². The number of carboxylic acid groups (broad SMARTS) is 1. The van der Waals surface area contributed by atoms with Crippen molar-refractivity contribution in [2.45, 2.75) is 24.9 Å². The molecule has 0 heterocycles. The zero-order valence-corrected chi connectivity index (χ0v) is 16.1. The molecule has 9 heteroatoms. The molecule has 0 aliphatic heterocycles. The second-order valence-electron chi connectivity index (χ2n) is 5.74. The Balaban J connectivity index is 0.000000504. The summed E-state index contributed by atoms with van der Waals surface area (Å²) in [5, 5.41) is 27.2. The van der Waals surface area contributed by atoms with Crippen LogP contribution in [0.4, 0.5) is 0 Å². The molecule has 2 aromatic rings. The minimum Gasteiger partial charge on any atom is -0.508 e. The third kappa shape index (κ3) is 8.26. The van der Waals surface area contributed by atoms with Crippen LogP contribution in [0.3, 0.4) is 0 Å². The Bertz CT molecular complexity index is 772. The Kier molecular flexibility index (Phi) is 11.3. The minimum absolute atomic E-state index is 0. The van der Waals surface area contributed by atoms with Crippen molar-refractivity contribution in [2.24, 2.45) is 11.5 Å². The van der Waals surface area contributed by atoms with Gasteiger partial charge in [0.2, 0.25) is 0 Å². The lowest BCUT2D eigenvalue weighted by Crippen LogP contribution is -2.33. The summed E-state index contributed by atoms with van der Waals surface area (Å²) in [6.07, 6.45) is 0.418. The number of carbonyl (C=O) groups is 2. The van der Waals surface area contributed by atoms with Crippen LogP contribution in [0.25, 0.3) is 0 Å². The summed E-state index contributed by atoms with van der Waals surface area (Å²) in [4.78, 5) is 21.4. The van der Waals surface area contributed by atoms with Gasteiger partial charge in [-0.25, -0.2) is 0 Å². The van der Waals surface area contributed by atoms with Gasteiger partial charge < -0.3 is 31.5 Å². The monoisotopic (exact) mass is 412 g/mol. The number of hydrogen-bond acceptors (Lipinski definition) is 7. The number of carbonyl (C=O) groups excluding carboxylic acids is 1. The number of ether oxygens (including phenoxy) is 1. The maximum absolute atomic E-state index is 11.0. The number of phenols is 2. The number of carboxylic acids is 1. The molecule has 2 atom stereocenters. The van der Waals surface area contributed by atoms with Gasteiger partial charge in [0.15, 0.2) is 0 Å². The highest BCUT2D eigenvalue weighted by atomic mass is 35.5. The van der Waals surface area contributed by atoms with E-state index < -0.39 is 24.0 Å². The standard InChI is InChI=1S/C10H13NO3.C9H11NO3.ClH/c1-14-10(13)8(11)6-7-4-2-3-5-9(7)12;10-7(9(12)13)5-6-3-1-2-4-8(6)11;/h2-5,8,12H,6,11H2,1H3;1-4,7,11H,5,10H2,(H,12,13);1H. The molecular formula is C19H25ClN2O6. The van der Waals surface area contributed by atoms with Crippen LogP contribution in [0.2, 0.25) is 0 Å². The average molecular weight is 413 g/mol. The first kappa shape index (κ1) is 25.2. The topological polar surface area (TPSA) is 156 Å². The van der Waals surface area contributed by atoms with Crippen molar-refractivity contribution >= 4 is 24.3 Å². The molecule has 154 valence electrons. The van der Waals surface area contributed by atoms with Crippen molar-refractivity contribution < 1.29 is 29.6 Å². The van der Waals surface area contributed by atoms with Crippen molar-refractivity contribution in [2.75, 3.05) is 7.11 Å². The SMILES string of the molecule is COC(=O)C(N)Cc1ccccc1O.Cl.NC(Cc1ccccc1O)C(=O)O. The Morgan fingerprint density at radius 1 is 0.893 bits per heavy atom. The minimum atomic E-state index is -1.07. The number of esters is 1. The summed E-state index contributed by atoms with van der Waals surface area (Å²) in [6, 6.07) is 11.6. The Morgan fingerprint density at radius 3 is 1.64 bits per heavy atom. The molecule has 0 fully saturated rings. The molecule has 0 aromatic heterocycles. The number of hydrogen-bond donors (Lipinski definition) is 5. The van der Waals surface area contributed by atoms with Gasteiger partial charge in [0.05, 0.1) is 7.11 Å². The smallest absolute Gasteiger partial charge is 0.322 e. The zero-order valence-electron chi connectivity index (χ0n) is 15.3. The molecule has 0 saturated carbocycles. The van der Waals surface area contributed by atoms with Crippen molar-refractivity contribution in [1.29, 1.82) is 0 Å². The Labute approximate surface area is 169 Å². The van der Waals surface area contributed by atoms with E-state index in [4.69, 9.17) is 16.6 Å². The number of aromatic hydroxyl groups is 2. The fraction of sp³-hybridized carbons (Fsp3) is 0.263. The van der Waals surface area contributed by atoms with E-state index in [0.29, 0.717) is 11.1 Å². The molecule has 0 aliphatic rings. The summed E-state index contributed by atoms with van der Waals surface area (Å²) in [7, 11) is 1.28. The summed E-state index contributed by atoms with van der Waals surface area (Å²) < 4.78 is 4.48. The molecular weight excluding hydrogens is 388 g/mol. The number of halogens is 1. The van der Waals surface area contributed by atoms with E-state index in [1.54, 1.807) is 42.5 Å². The predicted molar refractivity (Wildman–Crippen MR) is 106 cm³/mol. The Hall–Kier alpha value is -2.81. The van der Waals surface area contributed by atoms with Gasteiger partial charge in [0.25, 0.3) is 0 Å². The number of phenolic OH excluding ortho intramolecular Hbond substituents is 2. The van der Waals surface area contributed by atoms with E-state index in [9.17, 15) is 19.8 Å². The first-order valence-corrected chi connectivity index (χ1v) is 8.11. The molecule has 0 amide bonds. The molecule has 2 aromatic carbocycles. The van der Waals surface area contributed by atoms with Gasteiger partial charge in [0.1, 0.15) is 23.6 Å². The second kappa shape index (κ2) is 12.6. The molecule has 0 bridgehead atoms. The van der Waals surface area contributed by atoms with Crippen molar-refractivity contribution in [1.82, 2.24) is 0 Å². The number of rotatable bonds is 6. The van der Waals surface area contributed by atoms with E-state index in [1.807, 2.05) is 0 Å². The van der Waals surface area contributed by atoms with E-state index in [2.05, 4.69) is 4.74 Å². The van der Waals surface area contributed by atoms with Crippen molar-refractivity contribution in [3.63, 3.8) is 0 Å². The highest BCUT2D eigenvalue weighted by molar-refractivity contribution is 5.85. The number of nitrogens with two attached hydrogens (primary N) is 2. The summed E-state index contributed by atoms with van der Waals surface area (Å²) in [5.41, 5.74) is 12.0. The molecule has 0 aliphatic carbocycles. The largest absolute Gasteiger partial charge is 0.508 e. The molecule has 28 heavy (non-hydrogen) atoms. The first-order chi connectivity index (χ1) is 12.8. The quantitative estimate of drug-likeness (QED) is 0.443. The van der Waals surface area contributed by atoms with Crippen molar-refractivity contribution in [3.05, 3.63) is 59.7 Å². The number of methoxy groups -OCH3 is 1. The number of benzene rings is 2.